The summed E-state index contributed by atoms with van der Waals surface area (Å²) in [4.78, 5) is 0. The van der Waals surface area contributed by atoms with E-state index >= 15 is 0 Å². The fraction of sp³-hybridized carbons (Fsp3) is 1.00. The van der Waals surface area contributed by atoms with Crippen LogP contribution in [0.25, 0.3) is 0 Å². The number of unbranched alkanes of at least 4 members (excludes halogenated alkanes) is 4. The van der Waals surface area contributed by atoms with Crippen molar-refractivity contribution in [1.82, 2.24) is 0 Å². The van der Waals surface area contributed by atoms with Gasteiger partial charge in [-0.2, -0.15) is 0 Å². The van der Waals surface area contributed by atoms with Crippen molar-refractivity contribution in [3.63, 3.8) is 0 Å². The second-order valence-corrected chi connectivity index (χ2v) is 3.37. The van der Waals surface area contributed by atoms with E-state index in [0.29, 0.717) is 6.42 Å². The summed E-state index contributed by atoms with van der Waals surface area (Å²) in [6.07, 6.45) is 5.16. The van der Waals surface area contributed by atoms with Gasteiger partial charge in [-0.1, -0.05) is 39.5 Å². The number of halogens is 2. The minimum atomic E-state index is -2.41. The molecule has 0 saturated heterocycles. The summed E-state index contributed by atoms with van der Waals surface area (Å²) in [5.41, 5.74) is 0. The predicted molar refractivity (Wildman–Crippen MR) is 48.6 cm³/mol. The zero-order chi connectivity index (χ0) is 9.45. The molecule has 0 atom stereocenters. The summed E-state index contributed by atoms with van der Waals surface area (Å²) in [7, 11) is 0. The van der Waals surface area contributed by atoms with Gasteiger partial charge in [0.15, 0.2) is 0 Å². The molecule has 0 unspecified atom stereocenters. The molecule has 0 aromatic heterocycles. The second-order valence-electron chi connectivity index (χ2n) is 3.37. The van der Waals surface area contributed by atoms with Crippen LogP contribution < -0.4 is 0 Å². The quantitative estimate of drug-likeness (QED) is 0.507. The molecule has 0 fully saturated rings. The van der Waals surface area contributed by atoms with Crippen LogP contribution >= 0.6 is 0 Å². The zero-order valence-corrected chi connectivity index (χ0v) is 8.21. The van der Waals surface area contributed by atoms with Gasteiger partial charge in [0.05, 0.1) is 0 Å². The van der Waals surface area contributed by atoms with Gasteiger partial charge >= 0.3 is 0 Å². The van der Waals surface area contributed by atoms with E-state index in [4.69, 9.17) is 0 Å². The first kappa shape index (κ1) is 11.9. The zero-order valence-electron chi connectivity index (χ0n) is 8.21. The van der Waals surface area contributed by atoms with Crippen molar-refractivity contribution in [2.45, 2.75) is 64.7 Å². The molecule has 0 N–H and O–H groups in total. The van der Waals surface area contributed by atoms with Gasteiger partial charge < -0.3 is 0 Å². The Morgan fingerprint density at radius 3 is 2.00 bits per heavy atom. The van der Waals surface area contributed by atoms with Crippen LogP contribution in [0.1, 0.15) is 58.8 Å². The standard InChI is InChI=1S/C10H20F2/c1-3-5-6-7-8-9-10(11,12)4-2/h3-9H2,1-2H3. The molecule has 0 bridgehead atoms. The maximum atomic E-state index is 12.7. The Balaban J connectivity index is 3.19. The number of hydrogen-bond donors (Lipinski definition) is 0. The molecule has 0 saturated carbocycles. The van der Waals surface area contributed by atoms with E-state index < -0.39 is 5.92 Å². The highest BCUT2D eigenvalue weighted by molar-refractivity contribution is 4.62. The van der Waals surface area contributed by atoms with Crippen molar-refractivity contribution in [3.8, 4) is 0 Å². The van der Waals surface area contributed by atoms with Crippen LogP contribution in [0.4, 0.5) is 8.78 Å². The van der Waals surface area contributed by atoms with Gasteiger partial charge in [-0.3, -0.25) is 0 Å². The van der Waals surface area contributed by atoms with Crippen molar-refractivity contribution < 1.29 is 8.78 Å². The summed E-state index contributed by atoms with van der Waals surface area (Å²) < 4.78 is 25.3. The highest BCUT2D eigenvalue weighted by Crippen LogP contribution is 2.25. The van der Waals surface area contributed by atoms with E-state index in [1.54, 1.807) is 6.92 Å². The summed E-state index contributed by atoms with van der Waals surface area (Å²) in [6.45, 7) is 3.67. The van der Waals surface area contributed by atoms with Crippen molar-refractivity contribution in [2.24, 2.45) is 0 Å². The number of alkyl halides is 2. The molecule has 0 amide bonds. The molecule has 0 aliphatic carbocycles. The van der Waals surface area contributed by atoms with Gasteiger partial charge in [-0.25, -0.2) is 8.78 Å². The van der Waals surface area contributed by atoms with Gasteiger partial charge in [-0.15, -0.1) is 0 Å². The van der Waals surface area contributed by atoms with Gasteiger partial charge in [-0.05, 0) is 6.42 Å². The lowest BCUT2D eigenvalue weighted by atomic mass is 10.1. The Hall–Kier alpha value is -0.140. The maximum absolute atomic E-state index is 12.7. The lowest BCUT2D eigenvalue weighted by molar-refractivity contribution is -0.0137. The highest BCUT2D eigenvalue weighted by atomic mass is 19.3. The number of rotatable bonds is 7. The Morgan fingerprint density at radius 1 is 0.917 bits per heavy atom. The first-order valence-electron chi connectivity index (χ1n) is 5.00. The van der Waals surface area contributed by atoms with Crippen LogP contribution in [0.15, 0.2) is 0 Å². The molecular weight excluding hydrogens is 158 g/mol. The largest absolute Gasteiger partial charge is 0.247 e. The summed E-state index contributed by atoms with van der Waals surface area (Å²) in [5.74, 6) is -2.41. The lowest BCUT2D eigenvalue weighted by Crippen LogP contribution is -2.13. The Kier molecular flexibility index (Phi) is 6.31. The van der Waals surface area contributed by atoms with Crippen LogP contribution in [0.5, 0.6) is 0 Å². The van der Waals surface area contributed by atoms with Gasteiger partial charge in [0, 0.05) is 12.8 Å². The fourth-order valence-electron chi connectivity index (χ4n) is 1.16. The molecule has 0 aliphatic heterocycles. The molecule has 2 heteroatoms. The first-order valence-corrected chi connectivity index (χ1v) is 5.00. The maximum Gasteiger partial charge on any atom is 0.247 e. The lowest BCUT2D eigenvalue weighted by Gasteiger charge is -2.12. The molecule has 74 valence electrons. The minimum Gasteiger partial charge on any atom is -0.207 e. The summed E-state index contributed by atoms with van der Waals surface area (Å²) >= 11 is 0. The summed E-state index contributed by atoms with van der Waals surface area (Å²) in [5, 5.41) is 0. The van der Waals surface area contributed by atoms with Crippen LogP contribution in [-0.4, -0.2) is 5.92 Å². The Labute approximate surface area is 74.4 Å². The van der Waals surface area contributed by atoms with Gasteiger partial charge in [0.1, 0.15) is 0 Å². The normalized spacial score (nSPS) is 12.0. The van der Waals surface area contributed by atoms with Crippen molar-refractivity contribution in [2.75, 3.05) is 0 Å². The molecule has 0 aromatic carbocycles. The Bertz CT molecular complexity index is 100. The Morgan fingerprint density at radius 2 is 1.50 bits per heavy atom. The molecule has 0 aromatic rings. The predicted octanol–water partition coefficient (Wildman–Crippen LogP) is 4.39. The van der Waals surface area contributed by atoms with E-state index in [2.05, 4.69) is 6.92 Å². The third-order valence-corrected chi connectivity index (χ3v) is 2.16. The van der Waals surface area contributed by atoms with E-state index in [-0.39, 0.29) is 12.8 Å². The SMILES string of the molecule is CCCCCCCC(F)(F)CC. The van der Waals surface area contributed by atoms with E-state index in [9.17, 15) is 8.78 Å². The third kappa shape index (κ3) is 6.56. The average molecular weight is 178 g/mol. The molecule has 0 aliphatic rings. The monoisotopic (exact) mass is 178 g/mol. The minimum absolute atomic E-state index is 0.0131. The molecule has 12 heavy (non-hydrogen) atoms. The van der Waals surface area contributed by atoms with E-state index in [1.165, 1.54) is 12.8 Å². The molecule has 0 radical (unpaired) electrons. The fourth-order valence-corrected chi connectivity index (χ4v) is 1.16. The smallest absolute Gasteiger partial charge is 0.207 e. The first-order chi connectivity index (χ1) is 5.62. The topological polar surface area (TPSA) is 0 Å². The molecule has 0 rings (SSSR count). The van der Waals surface area contributed by atoms with Gasteiger partial charge in [0.25, 0.3) is 0 Å². The van der Waals surface area contributed by atoms with Gasteiger partial charge in [0.2, 0.25) is 5.92 Å². The van der Waals surface area contributed by atoms with Crippen LogP contribution in [0.2, 0.25) is 0 Å². The molecule has 0 heterocycles. The second kappa shape index (κ2) is 6.38. The molecular formula is C10H20F2. The molecule has 0 nitrogen and oxygen atoms in total. The highest BCUT2D eigenvalue weighted by Gasteiger charge is 2.24. The average Bonchev–Trinajstić information content (AvgIpc) is 2.04. The van der Waals surface area contributed by atoms with Crippen molar-refractivity contribution in [1.29, 1.82) is 0 Å². The number of hydrogen-bond acceptors (Lipinski definition) is 0. The van der Waals surface area contributed by atoms with Crippen LogP contribution in [0.3, 0.4) is 0 Å². The van der Waals surface area contributed by atoms with E-state index in [0.717, 1.165) is 12.8 Å². The molecule has 0 spiro atoms. The van der Waals surface area contributed by atoms with E-state index in [1.807, 2.05) is 0 Å². The third-order valence-electron chi connectivity index (χ3n) is 2.16. The van der Waals surface area contributed by atoms with Crippen molar-refractivity contribution >= 4 is 0 Å². The van der Waals surface area contributed by atoms with Crippen LogP contribution in [-0.2, 0) is 0 Å². The van der Waals surface area contributed by atoms with Crippen molar-refractivity contribution in [3.05, 3.63) is 0 Å². The van der Waals surface area contributed by atoms with Crippen LogP contribution in [0, 0.1) is 0 Å². The summed E-state index contributed by atoms with van der Waals surface area (Å²) in [6, 6.07) is 0.